The van der Waals surface area contributed by atoms with Crippen molar-refractivity contribution < 1.29 is 23.8 Å². The third kappa shape index (κ3) is 5.06. The summed E-state index contributed by atoms with van der Waals surface area (Å²) in [6, 6.07) is 7.13. The molecule has 27 heavy (non-hydrogen) atoms. The minimum atomic E-state index is -0.807. The van der Waals surface area contributed by atoms with Gasteiger partial charge in [-0.3, -0.25) is 9.59 Å². The molecule has 9 nitrogen and oxygen atoms in total. The molecule has 3 N–H and O–H groups in total. The molecule has 9 heteroatoms. The minimum Gasteiger partial charge on any atom is -0.481 e. The zero-order valence-corrected chi connectivity index (χ0v) is 15.6. The molecule has 1 aromatic heterocycles. The molecule has 1 unspecified atom stereocenters. The van der Waals surface area contributed by atoms with Gasteiger partial charge in [0.15, 0.2) is 0 Å². The van der Waals surface area contributed by atoms with E-state index in [2.05, 4.69) is 15.3 Å². The fourth-order valence-electron chi connectivity index (χ4n) is 2.27. The van der Waals surface area contributed by atoms with E-state index in [1.165, 1.54) is 20.3 Å². The average molecular weight is 374 g/mol. The van der Waals surface area contributed by atoms with Crippen molar-refractivity contribution in [3.05, 3.63) is 35.9 Å². The summed E-state index contributed by atoms with van der Waals surface area (Å²) in [5, 5.41) is 2.62. The van der Waals surface area contributed by atoms with Gasteiger partial charge in [0, 0.05) is 0 Å². The van der Waals surface area contributed by atoms with Crippen LogP contribution in [0, 0.1) is 5.92 Å². The molecule has 2 amide bonds. The summed E-state index contributed by atoms with van der Waals surface area (Å²) in [4.78, 5) is 32.3. The van der Waals surface area contributed by atoms with Crippen molar-refractivity contribution in [3.8, 4) is 23.5 Å². The van der Waals surface area contributed by atoms with Crippen molar-refractivity contribution in [2.45, 2.75) is 19.9 Å². The maximum Gasteiger partial charge on any atom is 0.328 e. The predicted octanol–water partition coefficient (Wildman–Crippen LogP) is 1.53. The fraction of sp³-hybridized carbons (Fsp3) is 0.333. The SMILES string of the molecule is COc1cc(OC)nc(Oc2ccccc2C(=O)NC(C(N)=O)C(C)C)n1. The molecule has 1 atom stereocenters. The largest absolute Gasteiger partial charge is 0.481 e. The summed E-state index contributed by atoms with van der Waals surface area (Å²) in [5.74, 6) is -0.585. The molecule has 2 rings (SSSR count). The van der Waals surface area contributed by atoms with E-state index in [4.69, 9.17) is 19.9 Å². The number of rotatable bonds is 8. The third-order valence-corrected chi connectivity index (χ3v) is 3.67. The molecule has 0 saturated carbocycles. The monoisotopic (exact) mass is 374 g/mol. The second kappa shape index (κ2) is 8.84. The minimum absolute atomic E-state index is 0.0539. The topological polar surface area (TPSA) is 126 Å². The van der Waals surface area contributed by atoms with Crippen LogP contribution in [0.3, 0.4) is 0 Å². The Morgan fingerprint density at radius 1 is 1.07 bits per heavy atom. The number of carbonyl (C=O) groups excluding carboxylic acids is 2. The van der Waals surface area contributed by atoms with Crippen LogP contribution in [0.2, 0.25) is 0 Å². The normalized spacial score (nSPS) is 11.6. The zero-order chi connectivity index (χ0) is 20.0. The highest BCUT2D eigenvalue weighted by molar-refractivity contribution is 5.99. The third-order valence-electron chi connectivity index (χ3n) is 3.67. The van der Waals surface area contributed by atoms with Crippen LogP contribution in [0.15, 0.2) is 30.3 Å². The van der Waals surface area contributed by atoms with Crippen LogP contribution < -0.4 is 25.3 Å². The van der Waals surface area contributed by atoms with Crippen LogP contribution in [0.4, 0.5) is 0 Å². The second-order valence-corrected chi connectivity index (χ2v) is 5.93. The molecule has 0 spiro atoms. The Morgan fingerprint density at radius 3 is 2.19 bits per heavy atom. The van der Waals surface area contributed by atoms with Crippen LogP contribution in [-0.2, 0) is 4.79 Å². The van der Waals surface area contributed by atoms with Gasteiger partial charge in [-0.25, -0.2) is 0 Å². The van der Waals surface area contributed by atoms with E-state index in [9.17, 15) is 9.59 Å². The van der Waals surface area contributed by atoms with Crippen LogP contribution >= 0.6 is 0 Å². The van der Waals surface area contributed by atoms with E-state index >= 15 is 0 Å². The number of hydrogen-bond donors (Lipinski definition) is 2. The first-order valence-electron chi connectivity index (χ1n) is 8.19. The smallest absolute Gasteiger partial charge is 0.328 e. The fourth-order valence-corrected chi connectivity index (χ4v) is 2.27. The van der Waals surface area contributed by atoms with Gasteiger partial charge < -0.3 is 25.3 Å². The molecular weight excluding hydrogens is 352 g/mol. The van der Waals surface area contributed by atoms with E-state index in [1.54, 1.807) is 38.1 Å². The maximum absolute atomic E-state index is 12.6. The average Bonchev–Trinajstić information content (AvgIpc) is 2.65. The molecule has 0 aliphatic carbocycles. The molecule has 0 bridgehead atoms. The molecule has 2 aromatic rings. The first kappa shape index (κ1) is 20.0. The van der Waals surface area contributed by atoms with Gasteiger partial charge >= 0.3 is 6.01 Å². The van der Waals surface area contributed by atoms with Gasteiger partial charge in [-0.2, -0.15) is 9.97 Å². The Morgan fingerprint density at radius 2 is 1.67 bits per heavy atom. The van der Waals surface area contributed by atoms with Gasteiger partial charge in [0.2, 0.25) is 17.7 Å². The Kier molecular flexibility index (Phi) is 6.53. The van der Waals surface area contributed by atoms with Crippen LogP contribution in [0.1, 0.15) is 24.2 Å². The molecule has 0 radical (unpaired) electrons. The number of carbonyl (C=O) groups is 2. The summed E-state index contributed by atoms with van der Waals surface area (Å²) >= 11 is 0. The molecule has 0 fully saturated rings. The first-order valence-corrected chi connectivity index (χ1v) is 8.19. The van der Waals surface area contributed by atoms with Crippen molar-refractivity contribution in [2.75, 3.05) is 14.2 Å². The Labute approximate surface area is 156 Å². The van der Waals surface area contributed by atoms with Gasteiger partial charge in [-0.1, -0.05) is 26.0 Å². The van der Waals surface area contributed by atoms with Gasteiger partial charge in [0.1, 0.15) is 11.8 Å². The number of benzene rings is 1. The predicted molar refractivity (Wildman–Crippen MR) is 96.9 cm³/mol. The molecule has 0 aliphatic heterocycles. The van der Waals surface area contributed by atoms with E-state index in [0.29, 0.717) is 0 Å². The summed E-state index contributed by atoms with van der Waals surface area (Å²) in [6.07, 6.45) is 0. The lowest BCUT2D eigenvalue weighted by Gasteiger charge is -2.19. The first-order chi connectivity index (χ1) is 12.8. The molecular formula is C18H22N4O5. The van der Waals surface area contributed by atoms with Crippen LogP contribution in [0.5, 0.6) is 23.5 Å². The standard InChI is InChI=1S/C18H22N4O5/c1-10(2)15(16(19)23)22-17(24)11-7-5-6-8-12(11)27-18-20-13(25-3)9-14(21-18)26-4/h5-10,15H,1-4H3,(H2,19,23)(H,22,24). The Bertz CT molecular complexity index is 803. The number of nitrogens with zero attached hydrogens (tertiary/aromatic N) is 2. The number of nitrogens with one attached hydrogen (secondary N) is 1. The van der Waals surface area contributed by atoms with Gasteiger partial charge in [-0.15, -0.1) is 0 Å². The molecule has 0 aliphatic rings. The van der Waals surface area contributed by atoms with E-state index in [0.717, 1.165) is 0 Å². The molecule has 1 aromatic carbocycles. The highest BCUT2D eigenvalue weighted by Gasteiger charge is 2.24. The summed E-state index contributed by atoms with van der Waals surface area (Å²) < 4.78 is 15.8. The van der Waals surface area contributed by atoms with Crippen molar-refractivity contribution in [3.63, 3.8) is 0 Å². The van der Waals surface area contributed by atoms with Crippen LogP contribution in [-0.4, -0.2) is 42.0 Å². The summed E-state index contributed by atoms with van der Waals surface area (Å²) in [7, 11) is 2.89. The van der Waals surface area contributed by atoms with Gasteiger partial charge in [-0.05, 0) is 18.1 Å². The van der Waals surface area contributed by atoms with Crippen molar-refractivity contribution in [2.24, 2.45) is 11.7 Å². The van der Waals surface area contributed by atoms with E-state index < -0.39 is 17.9 Å². The second-order valence-electron chi connectivity index (χ2n) is 5.93. The number of methoxy groups -OCH3 is 2. The Hall–Kier alpha value is -3.36. The van der Waals surface area contributed by atoms with Gasteiger partial charge in [0.25, 0.3) is 5.91 Å². The number of ether oxygens (including phenoxy) is 3. The van der Waals surface area contributed by atoms with E-state index in [-0.39, 0.29) is 35.0 Å². The van der Waals surface area contributed by atoms with Crippen molar-refractivity contribution in [1.82, 2.24) is 15.3 Å². The van der Waals surface area contributed by atoms with Crippen molar-refractivity contribution in [1.29, 1.82) is 0 Å². The quantitative estimate of drug-likeness (QED) is 0.717. The lowest BCUT2D eigenvalue weighted by atomic mass is 10.0. The zero-order valence-electron chi connectivity index (χ0n) is 15.6. The summed E-state index contributed by atoms with van der Waals surface area (Å²) in [6.45, 7) is 3.57. The Balaban J connectivity index is 2.30. The number of primary amides is 1. The molecule has 1 heterocycles. The van der Waals surface area contributed by atoms with Crippen LogP contribution in [0.25, 0.3) is 0 Å². The number of nitrogens with two attached hydrogens (primary N) is 1. The molecule has 0 saturated heterocycles. The highest BCUT2D eigenvalue weighted by atomic mass is 16.5. The van der Waals surface area contributed by atoms with Crippen molar-refractivity contribution >= 4 is 11.8 Å². The number of para-hydroxylation sites is 1. The highest BCUT2D eigenvalue weighted by Crippen LogP contribution is 2.26. The summed E-state index contributed by atoms with van der Waals surface area (Å²) in [5.41, 5.74) is 5.56. The van der Waals surface area contributed by atoms with Gasteiger partial charge in [0.05, 0.1) is 25.8 Å². The lowest BCUT2D eigenvalue weighted by Crippen LogP contribution is -2.47. The molecule has 144 valence electrons. The lowest BCUT2D eigenvalue weighted by molar-refractivity contribution is -0.120. The number of amides is 2. The maximum atomic E-state index is 12.6. The van der Waals surface area contributed by atoms with E-state index in [1.807, 2.05) is 0 Å². The number of hydrogen-bond acceptors (Lipinski definition) is 7. The number of aromatic nitrogens is 2.